The van der Waals surface area contributed by atoms with Crippen LogP contribution < -0.4 is 10.4 Å². The fourth-order valence-electron chi connectivity index (χ4n) is 4.63. The standard InChI is InChI=1S/C24H28N2O3/c1-2-3-6-19-20-7-4-5-8-22(20)25-23-21(19)14-11-17(24(23)27)15-16-9-12-18(13-10-16)26(28)29/h9-10,12-13,15,25,27H,2-8,11,14H2,1H3/p-1/b17-15+. The summed E-state index contributed by atoms with van der Waals surface area (Å²) in [5, 5.41) is 27.7. The maximum atomic E-state index is 13.3. The van der Waals surface area contributed by atoms with Crippen molar-refractivity contribution in [2.45, 2.75) is 64.7 Å². The summed E-state index contributed by atoms with van der Waals surface area (Å²) in [5.74, 6) is 0.0794. The van der Waals surface area contributed by atoms with Crippen LogP contribution in [0.15, 0.2) is 63.7 Å². The number of rotatable bonds is 5. The van der Waals surface area contributed by atoms with Crippen molar-refractivity contribution < 1.29 is 10.0 Å². The molecule has 0 fully saturated rings. The second-order valence-corrected chi connectivity index (χ2v) is 8.07. The van der Waals surface area contributed by atoms with Crippen molar-refractivity contribution in [1.29, 1.82) is 0 Å². The number of fused-ring (bicyclic) bond motifs is 1. The number of hydrogen-bond acceptors (Lipinski definition) is 4. The van der Waals surface area contributed by atoms with Gasteiger partial charge in [-0.05, 0) is 85.8 Å². The summed E-state index contributed by atoms with van der Waals surface area (Å²) in [4.78, 5) is 10.4. The van der Waals surface area contributed by atoms with E-state index < -0.39 is 4.92 Å². The predicted molar refractivity (Wildman–Crippen MR) is 113 cm³/mol. The van der Waals surface area contributed by atoms with E-state index in [1.807, 2.05) is 6.08 Å². The Morgan fingerprint density at radius 1 is 1.07 bits per heavy atom. The maximum Gasteiger partial charge on any atom is 0.269 e. The lowest BCUT2D eigenvalue weighted by molar-refractivity contribution is -0.384. The molecule has 1 N–H and O–H groups in total. The van der Waals surface area contributed by atoms with Crippen LogP contribution in [0.25, 0.3) is 6.08 Å². The van der Waals surface area contributed by atoms with Gasteiger partial charge in [0.15, 0.2) is 0 Å². The first-order chi connectivity index (χ1) is 14.1. The van der Waals surface area contributed by atoms with Crippen molar-refractivity contribution in [1.82, 2.24) is 5.32 Å². The highest BCUT2D eigenvalue weighted by Gasteiger charge is 2.28. The smallest absolute Gasteiger partial charge is 0.269 e. The summed E-state index contributed by atoms with van der Waals surface area (Å²) in [6.07, 6.45) is 11.4. The molecule has 5 heteroatoms. The van der Waals surface area contributed by atoms with Gasteiger partial charge in [0.05, 0.1) is 4.92 Å². The van der Waals surface area contributed by atoms with Crippen LogP contribution in [0.3, 0.4) is 0 Å². The normalized spacial score (nSPS) is 20.5. The van der Waals surface area contributed by atoms with Crippen LogP contribution in [-0.4, -0.2) is 4.92 Å². The molecule has 0 saturated heterocycles. The van der Waals surface area contributed by atoms with E-state index in [-0.39, 0.29) is 11.4 Å². The molecule has 5 nitrogen and oxygen atoms in total. The van der Waals surface area contributed by atoms with Crippen molar-refractivity contribution in [2.75, 3.05) is 0 Å². The minimum atomic E-state index is -0.408. The lowest BCUT2D eigenvalue weighted by atomic mass is 9.78. The molecule has 3 aliphatic rings. The van der Waals surface area contributed by atoms with Crippen LogP contribution in [-0.2, 0) is 0 Å². The molecule has 152 valence electrons. The van der Waals surface area contributed by atoms with Crippen LogP contribution in [0, 0.1) is 10.1 Å². The third-order valence-corrected chi connectivity index (χ3v) is 6.16. The zero-order valence-electron chi connectivity index (χ0n) is 16.9. The number of nitro groups is 1. The molecule has 1 aliphatic heterocycles. The molecule has 1 heterocycles. The average molecular weight is 391 g/mol. The van der Waals surface area contributed by atoms with Gasteiger partial charge in [0.25, 0.3) is 5.69 Å². The second kappa shape index (κ2) is 8.27. The first-order valence-corrected chi connectivity index (χ1v) is 10.7. The van der Waals surface area contributed by atoms with E-state index in [1.165, 1.54) is 47.4 Å². The largest absolute Gasteiger partial charge is 0.871 e. The van der Waals surface area contributed by atoms with Crippen molar-refractivity contribution in [3.8, 4) is 0 Å². The Morgan fingerprint density at radius 2 is 1.83 bits per heavy atom. The number of nitro benzene ring substituents is 1. The maximum absolute atomic E-state index is 13.3. The number of benzene rings is 1. The quantitative estimate of drug-likeness (QED) is 0.548. The van der Waals surface area contributed by atoms with Crippen LogP contribution in [0.5, 0.6) is 0 Å². The monoisotopic (exact) mass is 391 g/mol. The Kier molecular flexibility index (Phi) is 5.56. The highest BCUT2D eigenvalue weighted by molar-refractivity contribution is 5.64. The minimum absolute atomic E-state index is 0.0630. The van der Waals surface area contributed by atoms with Crippen molar-refractivity contribution in [3.63, 3.8) is 0 Å². The molecule has 1 aromatic carbocycles. The van der Waals surface area contributed by atoms with E-state index in [4.69, 9.17) is 0 Å². The molecule has 0 saturated carbocycles. The molecule has 0 bridgehead atoms. The fourth-order valence-corrected chi connectivity index (χ4v) is 4.63. The Labute approximate surface area is 171 Å². The van der Waals surface area contributed by atoms with E-state index in [0.717, 1.165) is 55.4 Å². The fraction of sp³-hybridized carbons (Fsp3) is 0.417. The van der Waals surface area contributed by atoms with E-state index >= 15 is 0 Å². The van der Waals surface area contributed by atoms with Gasteiger partial charge in [-0.25, -0.2) is 0 Å². The summed E-state index contributed by atoms with van der Waals surface area (Å²) in [7, 11) is 0. The third kappa shape index (κ3) is 3.86. The summed E-state index contributed by atoms with van der Waals surface area (Å²) in [6, 6.07) is 6.38. The van der Waals surface area contributed by atoms with Gasteiger partial charge in [0.2, 0.25) is 0 Å². The molecule has 0 amide bonds. The van der Waals surface area contributed by atoms with Gasteiger partial charge < -0.3 is 10.4 Å². The molecule has 2 aliphatic carbocycles. The summed E-state index contributed by atoms with van der Waals surface area (Å²) in [6.45, 7) is 2.21. The van der Waals surface area contributed by atoms with Gasteiger partial charge in [0, 0.05) is 23.5 Å². The lowest BCUT2D eigenvalue weighted by Crippen LogP contribution is -2.31. The predicted octanol–water partition coefficient (Wildman–Crippen LogP) is 5.26. The summed E-state index contributed by atoms with van der Waals surface area (Å²) >= 11 is 0. The topological polar surface area (TPSA) is 78.2 Å². The highest BCUT2D eigenvalue weighted by Crippen LogP contribution is 2.43. The third-order valence-electron chi connectivity index (χ3n) is 6.16. The Morgan fingerprint density at radius 3 is 2.55 bits per heavy atom. The number of non-ortho nitro benzene ring substituents is 1. The number of allylic oxidation sites excluding steroid dienone is 5. The van der Waals surface area contributed by atoms with Gasteiger partial charge in [-0.1, -0.05) is 30.8 Å². The van der Waals surface area contributed by atoms with Gasteiger partial charge in [-0.3, -0.25) is 10.1 Å². The SMILES string of the molecule is CCCCC1=C2CC/C(=C\c3ccc([N+](=O)[O-])cc3)C([O-])=C2NC2=C1CCCC2. The summed E-state index contributed by atoms with van der Waals surface area (Å²) in [5.41, 5.74) is 7.82. The highest BCUT2D eigenvalue weighted by atomic mass is 16.6. The van der Waals surface area contributed by atoms with E-state index in [9.17, 15) is 15.2 Å². The van der Waals surface area contributed by atoms with Crippen LogP contribution in [0.4, 0.5) is 5.69 Å². The number of hydrogen-bond donors (Lipinski definition) is 1. The zero-order chi connectivity index (χ0) is 20.4. The minimum Gasteiger partial charge on any atom is -0.871 e. The van der Waals surface area contributed by atoms with Gasteiger partial charge in [-0.2, -0.15) is 0 Å². The molecule has 0 radical (unpaired) electrons. The first-order valence-electron chi connectivity index (χ1n) is 10.7. The molecular weight excluding hydrogens is 364 g/mol. The zero-order valence-corrected chi connectivity index (χ0v) is 16.9. The molecule has 0 atom stereocenters. The Hall–Kier alpha value is -2.82. The van der Waals surface area contributed by atoms with Crippen LogP contribution >= 0.6 is 0 Å². The number of dihydropyridines is 1. The molecule has 1 aromatic rings. The van der Waals surface area contributed by atoms with Crippen LogP contribution in [0.2, 0.25) is 0 Å². The van der Waals surface area contributed by atoms with E-state index in [1.54, 1.807) is 12.1 Å². The molecule has 4 rings (SSSR count). The number of nitrogens with zero attached hydrogens (tertiary/aromatic N) is 1. The summed E-state index contributed by atoms with van der Waals surface area (Å²) < 4.78 is 0. The lowest BCUT2D eigenvalue weighted by Gasteiger charge is -2.39. The van der Waals surface area contributed by atoms with Crippen molar-refractivity contribution in [2.24, 2.45) is 0 Å². The molecule has 0 spiro atoms. The average Bonchev–Trinajstić information content (AvgIpc) is 2.74. The number of unbranched alkanes of at least 4 members (excludes halogenated alkanes) is 1. The molecule has 0 unspecified atom stereocenters. The van der Waals surface area contributed by atoms with E-state index in [2.05, 4.69) is 12.2 Å². The second-order valence-electron chi connectivity index (χ2n) is 8.07. The van der Waals surface area contributed by atoms with Gasteiger partial charge in [0.1, 0.15) is 0 Å². The van der Waals surface area contributed by atoms with Crippen molar-refractivity contribution >= 4 is 11.8 Å². The Balaban J connectivity index is 1.70. The van der Waals surface area contributed by atoms with Gasteiger partial charge >= 0.3 is 0 Å². The van der Waals surface area contributed by atoms with E-state index in [0.29, 0.717) is 6.42 Å². The molecular formula is C24H27N2O3-. The number of nitrogens with one attached hydrogen (secondary N) is 1. The van der Waals surface area contributed by atoms with Gasteiger partial charge in [-0.15, -0.1) is 0 Å². The first kappa shape index (κ1) is 19.5. The molecule has 0 aromatic heterocycles. The Bertz CT molecular complexity index is 949. The van der Waals surface area contributed by atoms with Crippen LogP contribution in [0.1, 0.15) is 70.3 Å². The van der Waals surface area contributed by atoms with Crippen molar-refractivity contribution in [3.05, 3.63) is 79.4 Å². The molecule has 29 heavy (non-hydrogen) atoms.